The van der Waals surface area contributed by atoms with Gasteiger partial charge < -0.3 is 0 Å². The molecule has 1 aliphatic heterocycles. The van der Waals surface area contributed by atoms with Crippen LogP contribution in [0.25, 0.3) is 0 Å². The van der Waals surface area contributed by atoms with Crippen molar-refractivity contribution in [3.63, 3.8) is 0 Å². The van der Waals surface area contributed by atoms with Crippen molar-refractivity contribution in [1.82, 2.24) is 0 Å². The van der Waals surface area contributed by atoms with Crippen molar-refractivity contribution in [2.24, 2.45) is 0 Å². The zero-order valence-electron chi connectivity index (χ0n) is 5.36. The molecule has 0 spiro atoms. The maximum atomic E-state index is 2.45. The van der Waals surface area contributed by atoms with Crippen LogP contribution in [0.5, 0.6) is 0 Å². The van der Waals surface area contributed by atoms with Crippen molar-refractivity contribution in [3.8, 4) is 0 Å². The maximum absolute atomic E-state index is 2.45. The van der Waals surface area contributed by atoms with Crippen molar-refractivity contribution in [1.29, 1.82) is 0 Å². The lowest BCUT2D eigenvalue weighted by Crippen LogP contribution is -1.75. The molecule has 0 saturated carbocycles. The summed E-state index contributed by atoms with van der Waals surface area (Å²) in [6.45, 7) is 6.68. The number of hydrogen-bond donors (Lipinski definition) is 0. The SMILES string of the molecule is CC(C)=P1(C)CC1. The molecule has 1 heteroatoms. The molecule has 1 saturated heterocycles. The molecule has 0 aromatic rings. The van der Waals surface area contributed by atoms with Crippen LogP contribution in [0.15, 0.2) is 0 Å². The van der Waals surface area contributed by atoms with Gasteiger partial charge in [-0.05, 0) is 32.8 Å². The average Bonchev–Trinajstić information content (AvgIpc) is 2.21. The van der Waals surface area contributed by atoms with Crippen LogP contribution in [0.4, 0.5) is 0 Å². The topological polar surface area (TPSA) is 0 Å². The molecule has 0 N–H and O–H groups in total. The van der Waals surface area contributed by atoms with Gasteiger partial charge in [-0.3, -0.25) is 0 Å². The molecule has 1 rings (SSSR count). The van der Waals surface area contributed by atoms with Crippen LogP contribution in [-0.4, -0.2) is 24.3 Å². The summed E-state index contributed by atoms with van der Waals surface area (Å²) >= 11 is 0. The molecule has 1 heterocycles. The fourth-order valence-corrected chi connectivity index (χ4v) is 2.69. The van der Waals surface area contributed by atoms with Gasteiger partial charge in [0.1, 0.15) is 0 Å². The van der Waals surface area contributed by atoms with Crippen LogP contribution in [-0.2, 0) is 0 Å². The summed E-state index contributed by atoms with van der Waals surface area (Å²) in [7, 11) is 0. The van der Waals surface area contributed by atoms with Gasteiger partial charge in [-0.15, -0.1) is 6.89 Å². The van der Waals surface area contributed by atoms with Crippen molar-refractivity contribution < 1.29 is 0 Å². The maximum Gasteiger partial charge on any atom is -0.0291 e. The van der Waals surface area contributed by atoms with Crippen molar-refractivity contribution in [2.75, 3.05) is 19.0 Å². The Labute approximate surface area is 45.9 Å². The molecule has 0 unspecified atom stereocenters. The van der Waals surface area contributed by atoms with E-state index in [1.807, 2.05) is 0 Å². The molecule has 0 aromatic heterocycles. The monoisotopic (exact) mass is 116 g/mol. The van der Waals surface area contributed by atoms with E-state index in [-0.39, 0.29) is 6.89 Å². The molecule has 0 radical (unpaired) electrons. The molecule has 42 valence electrons. The van der Waals surface area contributed by atoms with E-state index in [2.05, 4.69) is 20.5 Å². The van der Waals surface area contributed by atoms with Gasteiger partial charge in [-0.2, -0.15) is 0 Å². The van der Waals surface area contributed by atoms with Crippen LogP contribution < -0.4 is 0 Å². The van der Waals surface area contributed by atoms with Gasteiger partial charge in [0, 0.05) is 0 Å². The Morgan fingerprint density at radius 2 is 1.71 bits per heavy atom. The highest BCUT2D eigenvalue weighted by molar-refractivity contribution is 7.82. The third kappa shape index (κ3) is 0.912. The minimum absolute atomic E-state index is 0.321. The zero-order valence-corrected chi connectivity index (χ0v) is 6.26. The van der Waals surface area contributed by atoms with E-state index < -0.39 is 0 Å². The van der Waals surface area contributed by atoms with Gasteiger partial charge in [0.05, 0.1) is 0 Å². The van der Waals surface area contributed by atoms with E-state index in [0.717, 1.165) is 0 Å². The molecule has 1 aliphatic rings. The third-order valence-corrected chi connectivity index (χ3v) is 5.92. The van der Waals surface area contributed by atoms with E-state index in [1.54, 1.807) is 5.29 Å². The summed E-state index contributed by atoms with van der Waals surface area (Å²) in [5, 5.41) is 1.72. The van der Waals surface area contributed by atoms with E-state index in [1.165, 1.54) is 12.3 Å². The first kappa shape index (κ1) is 5.44. The third-order valence-electron chi connectivity index (χ3n) is 1.97. The highest BCUT2D eigenvalue weighted by Gasteiger charge is 2.25. The van der Waals surface area contributed by atoms with E-state index in [4.69, 9.17) is 0 Å². The van der Waals surface area contributed by atoms with Gasteiger partial charge in [-0.1, -0.05) is 5.29 Å². The van der Waals surface area contributed by atoms with Crippen LogP contribution in [0, 0.1) is 0 Å². The van der Waals surface area contributed by atoms with E-state index >= 15 is 0 Å². The first-order valence-electron chi connectivity index (χ1n) is 2.80. The lowest BCUT2D eigenvalue weighted by molar-refractivity contribution is 1.75. The second-order valence-corrected chi connectivity index (χ2v) is 7.37. The Hall–Kier alpha value is 0.300. The summed E-state index contributed by atoms with van der Waals surface area (Å²) in [6.07, 6.45) is 3.07. The Bertz CT molecular complexity index is 121. The molecule has 0 atom stereocenters. The molecule has 0 amide bonds. The molecule has 7 heavy (non-hydrogen) atoms. The molecule has 0 aromatic carbocycles. The van der Waals surface area contributed by atoms with E-state index in [9.17, 15) is 0 Å². The Kier molecular flexibility index (Phi) is 1.08. The fraction of sp³-hybridized carbons (Fsp3) is 0.833. The zero-order chi connectivity index (χ0) is 5.49. The fourth-order valence-electron chi connectivity index (χ4n) is 0.597. The van der Waals surface area contributed by atoms with E-state index in [0.29, 0.717) is 0 Å². The molecular weight excluding hydrogens is 103 g/mol. The summed E-state index contributed by atoms with van der Waals surface area (Å²) in [4.78, 5) is 0. The molecular formula is C6H13P. The van der Waals surface area contributed by atoms with Crippen LogP contribution >= 0.6 is 6.89 Å². The minimum Gasteiger partial charge on any atom is -0.108 e. The summed E-state index contributed by atoms with van der Waals surface area (Å²) < 4.78 is 0. The predicted molar refractivity (Wildman–Crippen MR) is 38.9 cm³/mol. The van der Waals surface area contributed by atoms with Gasteiger partial charge >= 0.3 is 0 Å². The Morgan fingerprint density at radius 1 is 1.29 bits per heavy atom. The predicted octanol–water partition coefficient (Wildman–Crippen LogP) is 1.86. The first-order chi connectivity index (χ1) is 3.15. The highest BCUT2D eigenvalue weighted by Crippen LogP contribution is 2.59. The molecule has 0 bridgehead atoms. The Morgan fingerprint density at radius 3 is 1.71 bits per heavy atom. The Balaban J connectivity index is 2.87. The van der Waals surface area contributed by atoms with Crippen LogP contribution in [0.1, 0.15) is 13.8 Å². The second kappa shape index (κ2) is 1.39. The first-order valence-corrected chi connectivity index (χ1v) is 5.41. The van der Waals surface area contributed by atoms with Gasteiger partial charge in [-0.25, -0.2) is 0 Å². The summed E-state index contributed by atoms with van der Waals surface area (Å²) in [5.41, 5.74) is 0. The normalized spacial score (nSPS) is 24.4. The average molecular weight is 116 g/mol. The van der Waals surface area contributed by atoms with Crippen LogP contribution in [0.2, 0.25) is 0 Å². The number of rotatable bonds is 0. The second-order valence-electron chi connectivity index (χ2n) is 2.79. The van der Waals surface area contributed by atoms with Gasteiger partial charge in [0.15, 0.2) is 0 Å². The largest absolute Gasteiger partial charge is 0.108 e. The lowest BCUT2D eigenvalue weighted by Gasteiger charge is -1.94. The lowest BCUT2D eigenvalue weighted by atomic mass is 10.6. The van der Waals surface area contributed by atoms with Crippen molar-refractivity contribution >= 4 is 12.2 Å². The molecule has 1 fully saturated rings. The smallest absolute Gasteiger partial charge is 0.0291 e. The molecule has 0 aliphatic carbocycles. The van der Waals surface area contributed by atoms with Crippen molar-refractivity contribution in [3.05, 3.63) is 0 Å². The minimum atomic E-state index is -0.321. The quantitative estimate of drug-likeness (QED) is 0.424. The van der Waals surface area contributed by atoms with Gasteiger partial charge in [0.2, 0.25) is 0 Å². The summed E-state index contributed by atoms with van der Waals surface area (Å²) in [5.74, 6) is 0. The van der Waals surface area contributed by atoms with Crippen molar-refractivity contribution in [2.45, 2.75) is 13.8 Å². The summed E-state index contributed by atoms with van der Waals surface area (Å²) in [6, 6.07) is 0. The van der Waals surface area contributed by atoms with Crippen LogP contribution in [0.3, 0.4) is 0 Å². The molecule has 0 nitrogen and oxygen atoms in total. The number of hydrogen-bond acceptors (Lipinski definition) is 0. The highest BCUT2D eigenvalue weighted by atomic mass is 31.2. The standard InChI is InChI=1S/C6H13P/c1-6(2)7(3)4-5-7/h4-5H2,1-3H3. The van der Waals surface area contributed by atoms with Gasteiger partial charge in [0.25, 0.3) is 0 Å².